The van der Waals surface area contributed by atoms with E-state index in [1.165, 1.54) is 12.1 Å². The highest BCUT2D eigenvalue weighted by Crippen LogP contribution is 2.32. The van der Waals surface area contributed by atoms with Crippen LogP contribution in [0.15, 0.2) is 23.0 Å². The van der Waals surface area contributed by atoms with Crippen LogP contribution in [0, 0.1) is 11.7 Å². The lowest BCUT2D eigenvalue weighted by Gasteiger charge is -2.17. The number of phenols is 1. The van der Waals surface area contributed by atoms with Crippen molar-refractivity contribution in [1.82, 2.24) is 9.13 Å². The fourth-order valence-corrected chi connectivity index (χ4v) is 2.28. The summed E-state index contributed by atoms with van der Waals surface area (Å²) in [6, 6.07) is 3.32. The van der Waals surface area contributed by atoms with Gasteiger partial charge in [-0.15, -0.1) is 0 Å². The Bertz CT molecular complexity index is 869. The van der Waals surface area contributed by atoms with Crippen molar-refractivity contribution < 1.29 is 18.3 Å². The second-order valence-corrected chi connectivity index (χ2v) is 5.07. The molecule has 2 aromatic rings. The third-order valence-corrected chi connectivity index (χ3v) is 3.72. The van der Waals surface area contributed by atoms with E-state index in [0.29, 0.717) is 16.2 Å². The minimum absolute atomic E-state index is 0.0290. The summed E-state index contributed by atoms with van der Waals surface area (Å²) in [5.74, 6) is -0.409. The van der Waals surface area contributed by atoms with Gasteiger partial charge in [0.15, 0.2) is 10.5 Å². The predicted molar refractivity (Wildman–Crippen MR) is 77.7 cm³/mol. The van der Waals surface area contributed by atoms with E-state index in [0.717, 1.165) is 11.6 Å². The molecule has 0 fully saturated rings. The van der Waals surface area contributed by atoms with E-state index >= 15 is 0 Å². The summed E-state index contributed by atoms with van der Waals surface area (Å²) in [6.07, 6.45) is -4.71. The number of aryl methyl sites for hydroxylation is 1. The third-order valence-electron chi connectivity index (χ3n) is 3.27. The normalized spacial score (nSPS) is 11.7. The molecule has 9 heteroatoms. The number of anilines is 1. The number of aromatic nitrogens is 2. The maximum atomic E-state index is 12.9. The first-order valence-corrected chi connectivity index (χ1v) is 6.45. The van der Waals surface area contributed by atoms with Crippen LogP contribution in [0.1, 0.15) is 11.3 Å². The van der Waals surface area contributed by atoms with E-state index in [9.17, 15) is 23.1 Å². The summed E-state index contributed by atoms with van der Waals surface area (Å²) in [5.41, 5.74) is 4.03. The lowest BCUT2D eigenvalue weighted by Crippen LogP contribution is -2.27. The third kappa shape index (κ3) is 2.47. The molecule has 0 saturated carbocycles. The zero-order valence-corrected chi connectivity index (χ0v) is 12.4. The number of benzene rings is 1. The first kappa shape index (κ1) is 16.1. The van der Waals surface area contributed by atoms with E-state index in [2.05, 4.69) is 0 Å². The van der Waals surface area contributed by atoms with E-state index in [-0.39, 0.29) is 11.4 Å². The zero-order chi connectivity index (χ0) is 16.8. The Balaban J connectivity index is 2.86. The molecule has 0 spiro atoms. The van der Waals surface area contributed by atoms with Gasteiger partial charge >= 0.3 is 6.18 Å². The molecule has 0 amide bonds. The summed E-state index contributed by atoms with van der Waals surface area (Å²) in [7, 11) is 1.09. The first-order chi connectivity index (χ1) is 10.1. The second kappa shape index (κ2) is 5.16. The molecule has 0 aliphatic heterocycles. The van der Waals surface area contributed by atoms with Gasteiger partial charge in [0.2, 0.25) is 0 Å². The van der Waals surface area contributed by atoms with Crippen LogP contribution in [-0.4, -0.2) is 14.2 Å². The van der Waals surface area contributed by atoms with Gasteiger partial charge in [0.1, 0.15) is 5.69 Å². The Morgan fingerprint density at radius 1 is 1.32 bits per heavy atom. The van der Waals surface area contributed by atoms with Gasteiger partial charge in [-0.3, -0.25) is 4.79 Å². The van der Waals surface area contributed by atoms with Crippen molar-refractivity contribution in [3.8, 4) is 11.4 Å². The van der Waals surface area contributed by atoms with Crippen LogP contribution in [-0.2, 0) is 13.2 Å². The summed E-state index contributed by atoms with van der Waals surface area (Å²) in [4.78, 5) is 12.0. The van der Waals surface area contributed by atoms with Crippen LogP contribution in [0.3, 0.4) is 0 Å². The summed E-state index contributed by atoms with van der Waals surface area (Å²) in [5, 5.41) is 10.0. The van der Waals surface area contributed by atoms with Gasteiger partial charge in [-0.25, -0.2) is 4.57 Å². The Morgan fingerprint density at radius 3 is 2.45 bits per heavy atom. The number of nitrogen functional groups attached to an aromatic ring is 1. The minimum Gasteiger partial charge on any atom is -0.504 e. The number of rotatable bonds is 1. The molecule has 22 heavy (non-hydrogen) atoms. The van der Waals surface area contributed by atoms with Crippen LogP contribution in [0.2, 0.25) is 0 Å². The largest absolute Gasteiger partial charge is 0.504 e. The molecular weight excluding hydrogens is 319 g/mol. The lowest BCUT2D eigenvalue weighted by atomic mass is 10.1. The van der Waals surface area contributed by atoms with Crippen molar-refractivity contribution in [3.63, 3.8) is 0 Å². The molecule has 0 aliphatic carbocycles. The number of nitrogens with two attached hydrogens (primary N) is 1. The molecule has 0 bridgehead atoms. The average molecular weight is 331 g/mol. The SMILES string of the molecule is Cc1ccc(-n2c(=O)cc(C(F)(F)F)n(C)c2=S)c(O)c1N. The Morgan fingerprint density at radius 2 is 1.91 bits per heavy atom. The van der Waals surface area contributed by atoms with Crippen LogP contribution in [0.5, 0.6) is 5.75 Å². The molecule has 0 aliphatic rings. The summed E-state index contributed by atoms with van der Waals surface area (Å²) < 4.78 is 39.6. The van der Waals surface area contributed by atoms with Crippen molar-refractivity contribution in [2.45, 2.75) is 13.1 Å². The quantitative estimate of drug-likeness (QED) is 0.478. The lowest BCUT2D eigenvalue weighted by molar-refractivity contribution is -0.143. The molecule has 118 valence electrons. The van der Waals surface area contributed by atoms with Crippen molar-refractivity contribution in [3.05, 3.63) is 44.6 Å². The van der Waals surface area contributed by atoms with Gasteiger partial charge < -0.3 is 15.4 Å². The van der Waals surface area contributed by atoms with Gasteiger partial charge in [-0.05, 0) is 30.8 Å². The molecule has 2 rings (SSSR count). The van der Waals surface area contributed by atoms with Crippen molar-refractivity contribution >= 4 is 17.9 Å². The molecule has 5 nitrogen and oxygen atoms in total. The highest BCUT2D eigenvalue weighted by Gasteiger charge is 2.34. The zero-order valence-electron chi connectivity index (χ0n) is 11.6. The van der Waals surface area contributed by atoms with E-state index in [1.54, 1.807) is 6.92 Å². The van der Waals surface area contributed by atoms with E-state index in [4.69, 9.17) is 18.0 Å². The number of nitrogens with zero attached hydrogens (tertiary/aromatic N) is 2. The Labute approximate surface area is 128 Å². The maximum absolute atomic E-state index is 12.9. The summed E-state index contributed by atoms with van der Waals surface area (Å²) >= 11 is 4.93. The van der Waals surface area contributed by atoms with Gasteiger partial charge in [0.25, 0.3) is 5.56 Å². The smallest absolute Gasteiger partial charge is 0.431 e. The van der Waals surface area contributed by atoms with Crippen LogP contribution < -0.4 is 11.3 Å². The predicted octanol–water partition coefficient (Wildman–Crippen LogP) is 2.52. The van der Waals surface area contributed by atoms with E-state index in [1.807, 2.05) is 0 Å². The Kier molecular flexibility index (Phi) is 3.78. The number of halogens is 3. The number of aromatic hydroxyl groups is 1. The number of phenolic OH excluding ortho intramolecular Hbond substituents is 1. The monoisotopic (exact) mass is 331 g/mol. The van der Waals surface area contributed by atoms with Crippen LogP contribution in [0.4, 0.5) is 18.9 Å². The van der Waals surface area contributed by atoms with Gasteiger partial charge in [0.05, 0.1) is 11.4 Å². The number of hydrogen-bond acceptors (Lipinski definition) is 4. The molecular formula is C13H12F3N3O2S. The maximum Gasteiger partial charge on any atom is 0.431 e. The molecule has 1 aromatic heterocycles. The minimum atomic E-state index is -4.71. The molecule has 0 unspecified atom stereocenters. The van der Waals surface area contributed by atoms with Gasteiger partial charge in [0, 0.05) is 13.1 Å². The van der Waals surface area contributed by atoms with Crippen molar-refractivity contribution in [2.75, 3.05) is 5.73 Å². The number of hydrogen-bond donors (Lipinski definition) is 2. The standard InChI is InChI=1S/C13H12F3N3O2S/c1-6-3-4-7(11(21)10(6)17)19-9(20)5-8(13(14,15)16)18(2)12(19)22/h3-5,21H,17H2,1-2H3. The van der Waals surface area contributed by atoms with Gasteiger partial charge in [-0.2, -0.15) is 13.2 Å². The van der Waals surface area contributed by atoms with Crippen LogP contribution >= 0.6 is 12.2 Å². The van der Waals surface area contributed by atoms with Gasteiger partial charge in [-0.1, -0.05) is 6.07 Å². The van der Waals surface area contributed by atoms with Crippen molar-refractivity contribution in [2.24, 2.45) is 7.05 Å². The molecule has 0 atom stereocenters. The molecule has 0 saturated heterocycles. The van der Waals surface area contributed by atoms with E-state index < -0.39 is 28.0 Å². The topological polar surface area (TPSA) is 73.2 Å². The second-order valence-electron chi connectivity index (χ2n) is 4.71. The van der Waals surface area contributed by atoms with Crippen LogP contribution in [0.25, 0.3) is 5.69 Å². The first-order valence-electron chi connectivity index (χ1n) is 6.04. The average Bonchev–Trinajstić information content (AvgIpc) is 2.41. The number of alkyl halides is 3. The molecule has 1 aromatic carbocycles. The fraction of sp³-hybridized carbons (Fsp3) is 0.231. The highest BCUT2D eigenvalue weighted by atomic mass is 32.1. The summed E-state index contributed by atoms with van der Waals surface area (Å²) in [6.45, 7) is 1.64. The Hall–Kier alpha value is -2.29. The molecule has 0 radical (unpaired) electrons. The fourth-order valence-electron chi connectivity index (χ4n) is 2.00. The highest BCUT2D eigenvalue weighted by molar-refractivity contribution is 7.71. The van der Waals surface area contributed by atoms with Crippen molar-refractivity contribution in [1.29, 1.82) is 0 Å². The molecule has 1 heterocycles. The molecule has 3 N–H and O–H groups in total.